The molecule has 0 saturated carbocycles. The van der Waals surface area contributed by atoms with Crippen molar-refractivity contribution in [1.29, 1.82) is 0 Å². The van der Waals surface area contributed by atoms with E-state index in [0.717, 1.165) is 12.8 Å². The molecule has 24 heavy (non-hydrogen) atoms. The molecule has 3 atom stereocenters. The largest absolute Gasteiger partial charge is 0.467 e. The summed E-state index contributed by atoms with van der Waals surface area (Å²) in [6, 6.07) is -2.11. The van der Waals surface area contributed by atoms with Gasteiger partial charge < -0.3 is 26.4 Å². The maximum Gasteiger partial charge on any atom is 0.328 e. The van der Waals surface area contributed by atoms with Gasteiger partial charge in [-0.05, 0) is 46.6 Å². The van der Waals surface area contributed by atoms with Gasteiger partial charge >= 0.3 is 5.97 Å². The lowest BCUT2D eigenvalue weighted by Crippen LogP contribution is -2.54. The van der Waals surface area contributed by atoms with Crippen molar-refractivity contribution in [1.82, 2.24) is 16.0 Å². The van der Waals surface area contributed by atoms with Gasteiger partial charge in [-0.3, -0.25) is 9.59 Å². The standard InChI is InChI=1S/C15H28N4O4S/c1-9(13(20)18-10(2)15(22)23-4)17-14(21)12(19-11(3)24)7-5-6-8-16/h9-10,12H,5-8,16H2,1-4H3,(H,17,21)(H,18,20)(H,19,24)/t9-,10-,12-/m0/s1. The number of hydrogen-bond acceptors (Lipinski definition) is 6. The van der Waals surface area contributed by atoms with Gasteiger partial charge in [-0.15, -0.1) is 0 Å². The van der Waals surface area contributed by atoms with Crippen molar-refractivity contribution in [3.8, 4) is 0 Å². The maximum absolute atomic E-state index is 12.3. The second-order valence-corrected chi connectivity index (χ2v) is 6.13. The first-order valence-corrected chi connectivity index (χ1v) is 8.29. The van der Waals surface area contributed by atoms with Gasteiger partial charge in [0.2, 0.25) is 11.8 Å². The van der Waals surface area contributed by atoms with Gasteiger partial charge in [0.05, 0.1) is 12.1 Å². The molecule has 0 aliphatic heterocycles. The zero-order chi connectivity index (χ0) is 18.7. The molecule has 0 rings (SSSR count). The first kappa shape index (κ1) is 22.3. The first-order valence-electron chi connectivity index (χ1n) is 7.88. The maximum atomic E-state index is 12.3. The van der Waals surface area contributed by atoms with Gasteiger partial charge in [0.25, 0.3) is 0 Å². The van der Waals surface area contributed by atoms with E-state index >= 15 is 0 Å². The third-order valence-corrected chi connectivity index (χ3v) is 3.42. The van der Waals surface area contributed by atoms with E-state index in [9.17, 15) is 14.4 Å². The Morgan fingerprint density at radius 1 is 1.04 bits per heavy atom. The Morgan fingerprint density at radius 3 is 2.12 bits per heavy atom. The lowest BCUT2D eigenvalue weighted by atomic mass is 10.1. The lowest BCUT2D eigenvalue weighted by Gasteiger charge is -2.22. The molecule has 0 fully saturated rings. The SMILES string of the molecule is COC(=O)[C@H](C)NC(=O)[C@H](C)NC(=O)[C@H](CCCCN)NC(C)=S. The van der Waals surface area contributed by atoms with Crippen molar-refractivity contribution in [3.63, 3.8) is 0 Å². The van der Waals surface area contributed by atoms with Crippen LogP contribution in [0.1, 0.15) is 40.0 Å². The number of methoxy groups -OCH3 is 1. The molecule has 0 aliphatic carbocycles. The number of thiocarbonyl (C=S) groups is 1. The quantitative estimate of drug-likeness (QED) is 0.238. The molecular formula is C15H28N4O4S. The van der Waals surface area contributed by atoms with Crippen LogP contribution in [0.2, 0.25) is 0 Å². The molecule has 0 spiro atoms. The smallest absolute Gasteiger partial charge is 0.328 e. The number of rotatable bonds is 10. The number of carbonyl (C=O) groups excluding carboxylic acids is 3. The van der Waals surface area contributed by atoms with Crippen LogP contribution in [0.5, 0.6) is 0 Å². The predicted octanol–water partition coefficient (Wildman–Crippen LogP) is -0.397. The predicted molar refractivity (Wildman–Crippen MR) is 95.3 cm³/mol. The van der Waals surface area contributed by atoms with Crippen LogP contribution >= 0.6 is 12.2 Å². The average Bonchev–Trinajstić information content (AvgIpc) is 2.52. The number of nitrogens with two attached hydrogens (primary N) is 1. The van der Waals surface area contributed by atoms with E-state index in [1.807, 2.05) is 0 Å². The Balaban J connectivity index is 4.61. The molecule has 0 heterocycles. The summed E-state index contributed by atoms with van der Waals surface area (Å²) in [6.45, 7) is 5.28. The monoisotopic (exact) mass is 360 g/mol. The highest BCUT2D eigenvalue weighted by atomic mass is 32.1. The second-order valence-electron chi connectivity index (χ2n) is 5.52. The van der Waals surface area contributed by atoms with E-state index in [1.54, 1.807) is 13.8 Å². The Hall–Kier alpha value is -1.74. The van der Waals surface area contributed by atoms with E-state index in [2.05, 4.69) is 20.7 Å². The van der Waals surface area contributed by atoms with Crippen molar-refractivity contribution in [3.05, 3.63) is 0 Å². The van der Waals surface area contributed by atoms with Gasteiger partial charge in [-0.2, -0.15) is 0 Å². The van der Waals surface area contributed by atoms with E-state index in [0.29, 0.717) is 18.0 Å². The minimum absolute atomic E-state index is 0.329. The Bertz CT molecular complexity index is 459. The van der Waals surface area contributed by atoms with E-state index in [1.165, 1.54) is 14.0 Å². The van der Waals surface area contributed by atoms with E-state index < -0.39 is 30.0 Å². The van der Waals surface area contributed by atoms with Crippen LogP contribution in [0.15, 0.2) is 0 Å². The molecule has 8 nitrogen and oxygen atoms in total. The Kier molecular flexibility index (Phi) is 10.9. The highest BCUT2D eigenvalue weighted by Crippen LogP contribution is 2.02. The zero-order valence-electron chi connectivity index (χ0n) is 14.7. The molecule has 5 N–H and O–H groups in total. The molecule has 9 heteroatoms. The number of hydrogen-bond donors (Lipinski definition) is 4. The summed E-state index contributed by atoms with van der Waals surface area (Å²) in [6.07, 6.45) is 2.13. The van der Waals surface area contributed by atoms with Crippen molar-refractivity contribution < 1.29 is 19.1 Å². The summed E-state index contributed by atoms with van der Waals surface area (Å²) in [5.74, 6) is -1.36. The van der Waals surface area contributed by atoms with Crippen LogP contribution in [0.25, 0.3) is 0 Å². The molecular weight excluding hydrogens is 332 g/mol. The van der Waals surface area contributed by atoms with Gasteiger partial charge in [0.15, 0.2) is 0 Å². The van der Waals surface area contributed by atoms with Crippen LogP contribution in [0, 0.1) is 0 Å². The van der Waals surface area contributed by atoms with Crippen LogP contribution in [-0.2, 0) is 19.1 Å². The number of ether oxygens (including phenoxy) is 1. The molecule has 0 saturated heterocycles. The molecule has 138 valence electrons. The summed E-state index contributed by atoms with van der Waals surface area (Å²) in [4.78, 5) is 36.2. The highest BCUT2D eigenvalue weighted by Gasteiger charge is 2.24. The number of esters is 1. The fourth-order valence-corrected chi connectivity index (χ4v) is 2.10. The van der Waals surface area contributed by atoms with Crippen molar-refractivity contribution in [2.45, 2.75) is 58.2 Å². The van der Waals surface area contributed by atoms with Crippen molar-refractivity contribution >= 4 is 35.0 Å². The van der Waals surface area contributed by atoms with Crippen LogP contribution in [0.3, 0.4) is 0 Å². The van der Waals surface area contributed by atoms with Crippen LogP contribution < -0.4 is 21.7 Å². The normalized spacial score (nSPS) is 14.0. The van der Waals surface area contributed by atoms with Gasteiger partial charge in [0.1, 0.15) is 18.1 Å². The number of nitrogens with one attached hydrogen (secondary N) is 3. The minimum atomic E-state index is -0.797. The van der Waals surface area contributed by atoms with E-state index in [4.69, 9.17) is 18.0 Å². The summed E-state index contributed by atoms with van der Waals surface area (Å²) in [5.41, 5.74) is 5.46. The molecule has 0 aromatic rings. The molecule has 0 bridgehead atoms. The molecule has 0 unspecified atom stereocenters. The zero-order valence-corrected chi connectivity index (χ0v) is 15.5. The summed E-state index contributed by atoms with van der Waals surface area (Å²) >= 11 is 4.99. The molecule has 0 aromatic heterocycles. The van der Waals surface area contributed by atoms with Gasteiger partial charge in [0, 0.05) is 0 Å². The average molecular weight is 360 g/mol. The third-order valence-electron chi connectivity index (χ3n) is 3.31. The fraction of sp³-hybridized carbons (Fsp3) is 0.733. The minimum Gasteiger partial charge on any atom is -0.467 e. The van der Waals surface area contributed by atoms with Gasteiger partial charge in [-0.1, -0.05) is 12.2 Å². The number of carbonyl (C=O) groups is 3. The van der Waals surface area contributed by atoms with Crippen LogP contribution in [0.4, 0.5) is 0 Å². The fourth-order valence-electron chi connectivity index (χ4n) is 1.96. The number of unbranched alkanes of at least 4 members (excludes halogenated alkanes) is 1. The molecule has 0 aliphatic rings. The second kappa shape index (κ2) is 11.7. The summed E-state index contributed by atoms with van der Waals surface area (Å²) in [7, 11) is 1.24. The third kappa shape index (κ3) is 8.78. The Labute approximate surface area is 148 Å². The van der Waals surface area contributed by atoms with Crippen molar-refractivity contribution in [2.24, 2.45) is 5.73 Å². The van der Waals surface area contributed by atoms with Crippen molar-refractivity contribution in [2.75, 3.05) is 13.7 Å². The topological polar surface area (TPSA) is 123 Å². The first-order chi connectivity index (χ1) is 11.2. The lowest BCUT2D eigenvalue weighted by molar-refractivity contribution is -0.144. The van der Waals surface area contributed by atoms with Crippen LogP contribution in [-0.4, -0.2) is 54.6 Å². The summed E-state index contributed by atoms with van der Waals surface area (Å²) in [5, 5.41) is 8.02. The van der Waals surface area contributed by atoms with Gasteiger partial charge in [-0.25, -0.2) is 4.79 Å². The Morgan fingerprint density at radius 2 is 1.62 bits per heavy atom. The highest BCUT2D eigenvalue weighted by molar-refractivity contribution is 7.80. The molecule has 2 amide bonds. The molecule has 0 aromatic carbocycles. The van der Waals surface area contributed by atoms with E-state index in [-0.39, 0.29) is 5.91 Å². The summed E-state index contributed by atoms with van der Waals surface area (Å²) < 4.78 is 4.54. The number of amides is 2. The molecule has 0 radical (unpaired) electrons.